The Kier molecular flexibility index (Phi) is 6.00. The maximum absolute atomic E-state index is 13.1. The van der Waals surface area contributed by atoms with Crippen LogP contribution < -0.4 is 10.9 Å². The van der Waals surface area contributed by atoms with E-state index >= 15 is 0 Å². The first kappa shape index (κ1) is 20.6. The van der Waals surface area contributed by atoms with Gasteiger partial charge in [0.2, 0.25) is 0 Å². The molecule has 31 heavy (non-hydrogen) atoms. The van der Waals surface area contributed by atoms with Crippen LogP contribution in [0.2, 0.25) is 5.02 Å². The van der Waals surface area contributed by atoms with Crippen molar-refractivity contribution in [2.24, 2.45) is 0 Å². The van der Waals surface area contributed by atoms with E-state index in [-0.39, 0.29) is 24.7 Å². The lowest BCUT2D eigenvalue weighted by molar-refractivity contribution is 0.206. The Morgan fingerprint density at radius 2 is 1.94 bits per heavy atom. The molecule has 0 bridgehead atoms. The second-order valence-electron chi connectivity index (χ2n) is 7.34. The molecule has 4 rings (SSSR count). The molecule has 0 aliphatic heterocycles. The molecule has 0 unspecified atom stereocenters. The number of para-hydroxylation sites is 1. The van der Waals surface area contributed by atoms with E-state index in [1.807, 2.05) is 43.3 Å². The summed E-state index contributed by atoms with van der Waals surface area (Å²) in [4.78, 5) is 34.4. The lowest BCUT2D eigenvalue weighted by Gasteiger charge is -2.23. The molecule has 0 atom stereocenters. The number of nitrogens with zero attached hydrogens (tertiary/aromatic N) is 2. The zero-order valence-corrected chi connectivity index (χ0v) is 17.7. The number of nitrogens with one attached hydrogen (secondary N) is 2. The van der Waals surface area contributed by atoms with Gasteiger partial charge < -0.3 is 15.2 Å². The first-order valence-corrected chi connectivity index (χ1v) is 10.2. The largest absolute Gasteiger partial charge is 0.322 e. The second-order valence-corrected chi connectivity index (χ2v) is 7.75. The van der Waals surface area contributed by atoms with Crippen molar-refractivity contribution >= 4 is 34.2 Å². The van der Waals surface area contributed by atoms with E-state index in [0.29, 0.717) is 16.3 Å². The molecule has 2 aromatic heterocycles. The molecule has 2 amide bonds. The third-order valence-electron chi connectivity index (χ3n) is 4.94. The van der Waals surface area contributed by atoms with Crippen molar-refractivity contribution in [3.05, 3.63) is 105 Å². The Bertz CT molecular complexity index is 1290. The number of benzene rings is 2. The van der Waals surface area contributed by atoms with Gasteiger partial charge >= 0.3 is 6.03 Å². The summed E-state index contributed by atoms with van der Waals surface area (Å²) in [5, 5.41) is 4.20. The number of amides is 2. The predicted molar refractivity (Wildman–Crippen MR) is 123 cm³/mol. The van der Waals surface area contributed by atoms with E-state index < -0.39 is 0 Å². The van der Waals surface area contributed by atoms with Gasteiger partial charge in [0.25, 0.3) is 5.56 Å². The Morgan fingerprint density at radius 3 is 2.71 bits per heavy atom. The molecule has 0 saturated carbocycles. The molecule has 4 aromatic rings. The quantitative estimate of drug-likeness (QED) is 0.459. The molecule has 0 saturated heterocycles. The Labute approximate surface area is 184 Å². The van der Waals surface area contributed by atoms with Crippen molar-refractivity contribution in [3.63, 3.8) is 0 Å². The number of hydrogen-bond donors (Lipinski definition) is 2. The van der Waals surface area contributed by atoms with Crippen LogP contribution in [0.1, 0.15) is 16.7 Å². The van der Waals surface area contributed by atoms with E-state index in [4.69, 9.17) is 11.6 Å². The summed E-state index contributed by atoms with van der Waals surface area (Å²) in [6, 6.07) is 18.0. The third-order valence-corrected chi connectivity index (χ3v) is 5.27. The predicted octanol–water partition coefficient (Wildman–Crippen LogP) is 5.12. The lowest BCUT2D eigenvalue weighted by atomic mass is 10.1. The number of halogens is 1. The smallest absolute Gasteiger partial charge is 0.322 e. The number of rotatable bonds is 5. The molecule has 2 heterocycles. The number of aromatic amines is 1. The van der Waals surface area contributed by atoms with Gasteiger partial charge in [0.05, 0.1) is 17.3 Å². The van der Waals surface area contributed by atoms with Crippen molar-refractivity contribution < 1.29 is 4.79 Å². The molecular formula is C24H21ClN4O2. The topological polar surface area (TPSA) is 78.1 Å². The number of pyridine rings is 2. The molecule has 0 spiro atoms. The van der Waals surface area contributed by atoms with E-state index in [0.717, 1.165) is 22.0 Å². The third kappa shape index (κ3) is 4.92. The molecular weight excluding hydrogens is 412 g/mol. The highest BCUT2D eigenvalue weighted by Gasteiger charge is 2.18. The number of hydrogen-bond acceptors (Lipinski definition) is 3. The molecule has 156 valence electrons. The number of fused-ring (bicyclic) bond motifs is 1. The van der Waals surface area contributed by atoms with Crippen LogP contribution in [0.3, 0.4) is 0 Å². The van der Waals surface area contributed by atoms with E-state index in [1.165, 1.54) is 0 Å². The van der Waals surface area contributed by atoms with Crippen LogP contribution >= 0.6 is 11.6 Å². The maximum Gasteiger partial charge on any atom is 0.322 e. The lowest BCUT2D eigenvalue weighted by Crippen LogP contribution is -2.35. The minimum absolute atomic E-state index is 0.129. The number of H-pyrrole nitrogens is 1. The van der Waals surface area contributed by atoms with Gasteiger partial charge in [-0.05, 0) is 54.3 Å². The molecule has 6 nitrogen and oxygen atoms in total. The van der Waals surface area contributed by atoms with Gasteiger partial charge in [-0.25, -0.2) is 4.79 Å². The van der Waals surface area contributed by atoms with Crippen molar-refractivity contribution in [1.82, 2.24) is 14.9 Å². The van der Waals surface area contributed by atoms with E-state index in [2.05, 4.69) is 15.3 Å². The van der Waals surface area contributed by atoms with Crippen molar-refractivity contribution in [3.8, 4) is 0 Å². The van der Waals surface area contributed by atoms with Crippen molar-refractivity contribution in [2.45, 2.75) is 20.0 Å². The van der Waals surface area contributed by atoms with Gasteiger partial charge in [-0.15, -0.1) is 0 Å². The fourth-order valence-electron chi connectivity index (χ4n) is 3.36. The molecule has 0 aliphatic rings. The highest BCUT2D eigenvalue weighted by Crippen LogP contribution is 2.22. The normalized spacial score (nSPS) is 10.8. The van der Waals surface area contributed by atoms with Gasteiger partial charge in [0, 0.05) is 30.0 Å². The molecule has 2 aromatic carbocycles. The zero-order valence-electron chi connectivity index (χ0n) is 16.9. The molecule has 2 N–H and O–H groups in total. The summed E-state index contributed by atoms with van der Waals surface area (Å²) in [7, 11) is 0. The standard InChI is InChI=1S/C24H21ClN4O2/c1-16-8-9-21-18(11-16)12-19(23(30)27-21)15-29(14-17-5-4-10-26-13-17)24(31)28-22-7-3-2-6-20(22)25/h2-13H,14-15H2,1H3,(H,27,30)(H,28,31). The summed E-state index contributed by atoms with van der Waals surface area (Å²) in [6.07, 6.45) is 3.37. The summed E-state index contributed by atoms with van der Waals surface area (Å²) >= 11 is 6.20. The Hall–Kier alpha value is -3.64. The fraction of sp³-hybridized carbons (Fsp3) is 0.125. The van der Waals surface area contributed by atoms with E-state index in [1.54, 1.807) is 41.6 Å². The number of aryl methyl sites for hydroxylation is 1. The zero-order chi connectivity index (χ0) is 21.8. The average Bonchev–Trinajstić information content (AvgIpc) is 2.76. The van der Waals surface area contributed by atoms with Gasteiger partial charge in [-0.1, -0.05) is 41.4 Å². The van der Waals surface area contributed by atoms with Crippen LogP contribution in [-0.2, 0) is 13.1 Å². The number of anilines is 1. The van der Waals surface area contributed by atoms with Crippen LogP contribution in [0.25, 0.3) is 10.9 Å². The molecule has 0 fully saturated rings. The molecule has 0 radical (unpaired) electrons. The van der Waals surface area contributed by atoms with Crippen LogP contribution in [0, 0.1) is 6.92 Å². The maximum atomic E-state index is 13.1. The summed E-state index contributed by atoms with van der Waals surface area (Å²) in [5.74, 6) is 0. The van der Waals surface area contributed by atoms with Crippen LogP contribution in [0.15, 0.2) is 77.9 Å². The number of carbonyl (C=O) groups excluding carboxylic acids is 1. The highest BCUT2D eigenvalue weighted by molar-refractivity contribution is 6.33. The second kappa shape index (κ2) is 9.02. The number of urea groups is 1. The van der Waals surface area contributed by atoms with Gasteiger partial charge in [0.15, 0.2) is 0 Å². The van der Waals surface area contributed by atoms with Gasteiger partial charge in [-0.2, -0.15) is 0 Å². The fourth-order valence-corrected chi connectivity index (χ4v) is 3.55. The first-order chi connectivity index (χ1) is 15.0. The number of aromatic nitrogens is 2. The van der Waals surface area contributed by atoms with Gasteiger partial charge in [-0.3, -0.25) is 9.78 Å². The monoisotopic (exact) mass is 432 g/mol. The summed E-state index contributed by atoms with van der Waals surface area (Å²) < 4.78 is 0. The first-order valence-electron chi connectivity index (χ1n) is 9.81. The van der Waals surface area contributed by atoms with Crippen LogP contribution in [0.5, 0.6) is 0 Å². The van der Waals surface area contributed by atoms with E-state index in [9.17, 15) is 9.59 Å². The number of carbonyl (C=O) groups is 1. The van der Waals surface area contributed by atoms with Crippen molar-refractivity contribution in [1.29, 1.82) is 0 Å². The van der Waals surface area contributed by atoms with Crippen LogP contribution in [0.4, 0.5) is 10.5 Å². The van der Waals surface area contributed by atoms with Gasteiger partial charge in [0.1, 0.15) is 0 Å². The Balaban J connectivity index is 1.66. The molecule has 7 heteroatoms. The SMILES string of the molecule is Cc1ccc2[nH]c(=O)c(CN(Cc3cccnc3)C(=O)Nc3ccccc3Cl)cc2c1. The minimum atomic E-state index is -0.360. The molecule has 0 aliphatic carbocycles. The average molecular weight is 433 g/mol. The highest BCUT2D eigenvalue weighted by atomic mass is 35.5. The Morgan fingerprint density at radius 1 is 1.10 bits per heavy atom. The minimum Gasteiger partial charge on any atom is -0.322 e. The van der Waals surface area contributed by atoms with Crippen LogP contribution in [-0.4, -0.2) is 20.9 Å². The summed E-state index contributed by atoms with van der Waals surface area (Å²) in [5.41, 5.74) is 3.49. The summed E-state index contributed by atoms with van der Waals surface area (Å²) in [6.45, 7) is 2.41. The van der Waals surface area contributed by atoms with Crippen molar-refractivity contribution in [2.75, 3.05) is 5.32 Å².